The summed E-state index contributed by atoms with van der Waals surface area (Å²) >= 11 is 0. The fraction of sp³-hybridized carbons (Fsp3) is 0.125. The molecular weight excluding hydrogens is 234 g/mol. The molecule has 3 rings (SSSR count). The van der Waals surface area contributed by atoms with E-state index in [1.54, 1.807) is 0 Å². The van der Waals surface area contributed by atoms with Gasteiger partial charge in [0.25, 0.3) is 0 Å². The van der Waals surface area contributed by atoms with E-state index in [0.717, 1.165) is 28.2 Å². The van der Waals surface area contributed by atoms with Gasteiger partial charge in [0, 0.05) is 11.9 Å². The van der Waals surface area contributed by atoms with Crippen LogP contribution in [0.25, 0.3) is 16.9 Å². The van der Waals surface area contributed by atoms with Gasteiger partial charge in [0.15, 0.2) is 5.65 Å². The largest absolute Gasteiger partial charge is 0.300 e. The lowest BCUT2D eigenvalue weighted by Gasteiger charge is -2.07. The van der Waals surface area contributed by atoms with E-state index in [0.29, 0.717) is 5.56 Å². The molecule has 3 nitrogen and oxygen atoms in total. The van der Waals surface area contributed by atoms with E-state index in [4.69, 9.17) is 0 Å². The Hall–Kier alpha value is -2.60. The van der Waals surface area contributed by atoms with Crippen molar-refractivity contribution in [3.63, 3.8) is 0 Å². The molecule has 2 aromatic heterocycles. The van der Waals surface area contributed by atoms with Crippen molar-refractivity contribution < 1.29 is 0 Å². The molecule has 0 radical (unpaired) electrons. The van der Waals surface area contributed by atoms with Gasteiger partial charge in [-0.2, -0.15) is 5.26 Å². The van der Waals surface area contributed by atoms with Crippen LogP contribution in [0, 0.1) is 25.2 Å². The highest BCUT2D eigenvalue weighted by molar-refractivity contribution is 5.69. The molecule has 1 aromatic carbocycles. The predicted octanol–water partition coefficient (Wildman–Crippen LogP) is 3.49. The van der Waals surface area contributed by atoms with Crippen LogP contribution in [-0.4, -0.2) is 9.38 Å². The van der Waals surface area contributed by atoms with Crippen molar-refractivity contribution in [3.8, 4) is 17.3 Å². The third-order valence-electron chi connectivity index (χ3n) is 3.24. The van der Waals surface area contributed by atoms with Crippen molar-refractivity contribution in [1.29, 1.82) is 5.26 Å². The smallest absolute Gasteiger partial charge is 0.155 e. The van der Waals surface area contributed by atoms with Crippen LogP contribution < -0.4 is 0 Å². The fourth-order valence-electron chi connectivity index (χ4n) is 2.35. The van der Waals surface area contributed by atoms with E-state index in [-0.39, 0.29) is 0 Å². The number of fused-ring (bicyclic) bond motifs is 1. The Morgan fingerprint density at radius 2 is 1.89 bits per heavy atom. The van der Waals surface area contributed by atoms with Crippen molar-refractivity contribution in [2.75, 3.05) is 0 Å². The maximum atomic E-state index is 9.25. The zero-order chi connectivity index (χ0) is 13.4. The summed E-state index contributed by atoms with van der Waals surface area (Å²) in [4.78, 5) is 4.49. The summed E-state index contributed by atoms with van der Waals surface area (Å²) in [6.45, 7) is 3.90. The Morgan fingerprint density at radius 1 is 1.16 bits per heavy atom. The van der Waals surface area contributed by atoms with Crippen LogP contribution in [0.15, 0.2) is 42.6 Å². The van der Waals surface area contributed by atoms with Gasteiger partial charge in [0.05, 0.1) is 11.3 Å². The lowest BCUT2D eigenvalue weighted by Crippen LogP contribution is -1.96. The van der Waals surface area contributed by atoms with Gasteiger partial charge < -0.3 is 0 Å². The molecule has 0 bridgehead atoms. The predicted molar refractivity (Wildman–Crippen MR) is 74.8 cm³/mol. The average Bonchev–Trinajstić information content (AvgIpc) is 2.74. The number of rotatable bonds is 1. The maximum absolute atomic E-state index is 9.25. The minimum Gasteiger partial charge on any atom is -0.300 e. The Balaban J connectivity index is 2.41. The highest BCUT2D eigenvalue weighted by Gasteiger charge is 2.12. The van der Waals surface area contributed by atoms with Crippen LogP contribution in [-0.2, 0) is 0 Å². The van der Waals surface area contributed by atoms with Crippen LogP contribution in [0.1, 0.15) is 16.8 Å². The number of nitrogens with zero attached hydrogens (tertiary/aromatic N) is 3. The fourth-order valence-corrected chi connectivity index (χ4v) is 2.35. The molecular formula is C16H13N3. The molecule has 0 amide bonds. The second kappa shape index (κ2) is 4.25. The topological polar surface area (TPSA) is 41.1 Å². The summed E-state index contributed by atoms with van der Waals surface area (Å²) in [6.07, 6.45) is 1.97. The lowest BCUT2D eigenvalue weighted by atomic mass is 10.1. The lowest BCUT2D eigenvalue weighted by molar-refractivity contribution is 1.09. The van der Waals surface area contributed by atoms with Crippen molar-refractivity contribution in [1.82, 2.24) is 9.38 Å². The van der Waals surface area contributed by atoms with Gasteiger partial charge in [-0.15, -0.1) is 0 Å². The molecule has 2 heterocycles. The summed E-state index contributed by atoms with van der Waals surface area (Å²) in [7, 11) is 0. The van der Waals surface area contributed by atoms with Crippen molar-refractivity contribution in [3.05, 3.63) is 59.4 Å². The normalized spacial score (nSPS) is 10.6. The van der Waals surface area contributed by atoms with Crippen molar-refractivity contribution in [2.24, 2.45) is 0 Å². The molecule has 0 saturated heterocycles. The Kier molecular flexibility index (Phi) is 2.57. The quantitative estimate of drug-likeness (QED) is 0.660. The third kappa shape index (κ3) is 1.78. The standard InChI is InChI=1S/C16H13N3/c1-11-10-19-15(13-6-4-3-5-7-13)8-12(2)18-16(19)14(11)9-17/h3-8,10H,1-2H3. The van der Waals surface area contributed by atoms with Crippen LogP contribution >= 0.6 is 0 Å². The molecule has 0 unspecified atom stereocenters. The molecule has 3 aromatic rings. The first kappa shape index (κ1) is 11.5. The van der Waals surface area contributed by atoms with E-state index in [1.807, 2.05) is 48.7 Å². The average molecular weight is 247 g/mol. The molecule has 0 aliphatic carbocycles. The van der Waals surface area contributed by atoms with E-state index in [2.05, 4.69) is 23.2 Å². The number of aryl methyl sites for hydroxylation is 2. The zero-order valence-corrected chi connectivity index (χ0v) is 10.9. The van der Waals surface area contributed by atoms with Gasteiger partial charge in [-0.3, -0.25) is 4.40 Å². The number of hydrogen-bond acceptors (Lipinski definition) is 2. The Labute approximate surface area is 111 Å². The van der Waals surface area contributed by atoms with Crippen LogP contribution in [0.5, 0.6) is 0 Å². The minimum atomic E-state index is 0.654. The zero-order valence-electron chi connectivity index (χ0n) is 10.9. The van der Waals surface area contributed by atoms with Crippen LogP contribution in [0.2, 0.25) is 0 Å². The number of aromatic nitrogens is 2. The summed E-state index contributed by atoms with van der Waals surface area (Å²) < 4.78 is 2.00. The molecule has 0 aliphatic rings. The maximum Gasteiger partial charge on any atom is 0.155 e. The molecule has 0 fully saturated rings. The first-order valence-corrected chi connectivity index (χ1v) is 6.15. The second-order valence-corrected chi connectivity index (χ2v) is 4.64. The molecule has 0 aliphatic heterocycles. The molecule has 3 heteroatoms. The molecule has 0 spiro atoms. The summed E-state index contributed by atoms with van der Waals surface area (Å²) in [6, 6.07) is 14.4. The number of benzene rings is 1. The van der Waals surface area contributed by atoms with E-state index >= 15 is 0 Å². The molecule has 0 atom stereocenters. The van der Waals surface area contributed by atoms with Gasteiger partial charge in [-0.25, -0.2) is 4.98 Å². The van der Waals surface area contributed by atoms with Crippen LogP contribution in [0.4, 0.5) is 0 Å². The highest BCUT2D eigenvalue weighted by Crippen LogP contribution is 2.25. The van der Waals surface area contributed by atoms with E-state index in [9.17, 15) is 5.26 Å². The number of nitriles is 1. The van der Waals surface area contributed by atoms with Crippen molar-refractivity contribution >= 4 is 5.65 Å². The second-order valence-electron chi connectivity index (χ2n) is 4.64. The summed E-state index contributed by atoms with van der Waals surface area (Å²) in [5.41, 5.74) is 5.45. The summed E-state index contributed by atoms with van der Waals surface area (Å²) in [5.74, 6) is 0. The van der Waals surface area contributed by atoms with E-state index < -0.39 is 0 Å². The Morgan fingerprint density at radius 3 is 2.58 bits per heavy atom. The molecule has 19 heavy (non-hydrogen) atoms. The van der Waals surface area contributed by atoms with Gasteiger partial charge in [-0.05, 0) is 31.0 Å². The first-order chi connectivity index (χ1) is 9.20. The molecule has 92 valence electrons. The van der Waals surface area contributed by atoms with Gasteiger partial charge in [-0.1, -0.05) is 30.3 Å². The van der Waals surface area contributed by atoms with Gasteiger partial charge in [0.2, 0.25) is 0 Å². The Bertz CT molecular complexity index is 792. The SMILES string of the molecule is Cc1cc(-c2ccccc2)n2cc(C)c(C#N)c2n1. The van der Waals surface area contributed by atoms with E-state index in [1.165, 1.54) is 0 Å². The third-order valence-corrected chi connectivity index (χ3v) is 3.24. The van der Waals surface area contributed by atoms with Crippen LogP contribution in [0.3, 0.4) is 0 Å². The van der Waals surface area contributed by atoms with Gasteiger partial charge >= 0.3 is 0 Å². The monoisotopic (exact) mass is 247 g/mol. The molecule has 0 N–H and O–H groups in total. The highest BCUT2D eigenvalue weighted by atomic mass is 15.0. The van der Waals surface area contributed by atoms with Crippen molar-refractivity contribution in [2.45, 2.75) is 13.8 Å². The molecule has 0 saturated carbocycles. The summed E-state index contributed by atoms with van der Waals surface area (Å²) in [5, 5.41) is 9.25. The first-order valence-electron chi connectivity index (χ1n) is 6.15. The minimum absolute atomic E-state index is 0.654. The van der Waals surface area contributed by atoms with Gasteiger partial charge in [0.1, 0.15) is 6.07 Å². The number of hydrogen-bond donors (Lipinski definition) is 0.